The molecule has 0 aromatic rings. The Hall–Kier alpha value is -0.0800. The van der Waals surface area contributed by atoms with Crippen molar-refractivity contribution in [3.8, 4) is 0 Å². The summed E-state index contributed by atoms with van der Waals surface area (Å²) < 4.78 is 0. The van der Waals surface area contributed by atoms with Crippen molar-refractivity contribution >= 4 is 0 Å². The Balaban J connectivity index is 2.06. The van der Waals surface area contributed by atoms with E-state index >= 15 is 0 Å². The summed E-state index contributed by atoms with van der Waals surface area (Å²) in [5, 5.41) is 12.4. The summed E-state index contributed by atoms with van der Waals surface area (Å²) in [4.78, 5) is 0. The van der Waals surface area contributed by atoms with E-state index in [0.29, 0.717) is 17.9 Å². The largest absolute Gasteiger partial charge is 0.396 e. The van der Waals surface area contributed by atoms with Gasteiger partial charge < -0.3 is 10.4 Å². The molecule has 2 nitrogen and oxygen atoms in total. The average Bonchev–Trinajstić information content (AvgIpc) is 2.21. The van der Waals surface area contributed by atoms with E-state index in [9.17, 15) is 0 Å². The van der Waals surface area contributed by atoms with Crippen LogP contribution in [0.1, 0.15) is 52.9 Å². The highest BCUT2D eigenvalue weighted by Gasteiger charge is 2.26. The Morgan fingerprint density at radius 1 is 1.31 bits per heavy atom. The van der Waals surface area contributed by atoms with Crippen molar-refractivity contribution < 1.29 is 5.11 Å². The van der Waals surface area contributed by atoms with E-state index in [1.807, 2.05) is 0 Å². The van der Waals surface area contributed by atoms with E-state index in [4.69, 9.17) is 5.11 Å². The van der Waals surface area contributed by atoms with Crippen molar-refractivity contribution in [2.75, 3.05) is 19.7 Å². The Kier molecular flexibility index (Phi) is 5.77. The second-order valence-electron chi connectivity index (χ2n) is 6.38. The first-order valence-electron chi connectivity index (χ1n) is 6.85. The van der Waals surface area contributed by atoms with Gasteiger partial charge in [0.2, 0.25) is 0 Å². The molecule has 0 saturated heterocycles. The van der Waals surface area contributed by atoms with E-state index in [2.05, 4.69) is 26.1 Å². The summed E-state index contributed by atoms with van der Waals surface area (Å²) in [7, 11) is 0. The molecule has 0 bridgehead atoms. The molecule has 1 unspecified atom stereocenters. The maximum Gasteiger partial charge on any atom is 0.0434 e. The quantitative estimate of drug-likeness (QED) is 0.731. The van der Waals surface area contributed by atoms with Gasteiger partial charge >= 0.3 is 0 Å². The van der Waals surface area contributed by atoms with Gasteiger partial charge in [0, 0.05) is 6.61 Å². The zero-order chi connectivity index (χ0) is 12.0. The van der Waals surface area contributed by atoms with Gasteiger partial charge in [0.25, 0.3) is 0 Å². The first-order chi connectivity index (χ1) is 7.53. The van der Waals surface area contributed by atoms with Crippen LogP contribution in [-0.2, 0) is 0 Å². The van der Waals surface area contributed by atoms with E-state index in [1.54, 1.807) is 0 Å². The molecule has 1 aliphatic rings. The molecule has 1 atom stereocenters. The highest BCUT2D eigenvalue weighted by Crippen LogP contribution is 2.37. The summed E-state index contributed by atoms with van der Waals surface area (Å²) in [6.07, 6.45) is 6.45. The third kappa shape index (κ3) is 5.31. The van der Waals surface area contributed by atoms with Crippen molar-refractivity contribution in [3.05, 3.63) is 0 Å². The molecule has 1 fully saturated rings. The lowest BCUT2D eigenvalue weighted by atomic mass is 9.73. The molecule has 2 heteroatoms. The van der Waals surface area contributed by atoms with E-state index in [1.165, 1.54) is 32.2 Å². The molecule has 96 valence electrons. The third-order valence-electron chi connectivity index (χ3n) is 4.01. The van der Waals surface area contributed by atoms with Gasteiger partial charge in [-0.2, -0.15) is 0 Å². The van der Waals surface area contributed by atoms with Gasteiger partial charge in [0.15, 0.2) is 0 Å². The zero-order valence-electron chi connectivity index (χ0n) is 11.3. The van der Waals surface area contributed by atoms with Crippen molar-refractivity contribution in [2.45, 2.75) is 52.9 Å². The molecule has 0 radical (unpaired) electrons. The van der Waals surface area contributed by atoms with E-state index in [0.717, 1.165) is 18.9 Å². The number of rotatable bonds is 6. The summed E-state index contributed by atoms with van der Waals surface area (Å²) >= 11 is 0. The Labute approximate surface area is 101 Å². The molecule has 1 rings (SSSR count). The molecule has 0 heterocycles. The predicted octanol–water partition coefficient (Wildman–Crippen LogP) is 2.81. The number of aliphatic hydroxyl groups excluding tert-OH is 1. The van der Waals surface area contributed by atoms with Crippen LogP contribution in [0.4, 0.5) is 0 Å². The molecule has 16 heavy (non-hydrogen) atoms. The molecule has 1 saturated carbocycles. The molecular formula is C14H29NO. The van der Waals surface area contributed by atoms with Gasteiger partial charge in [-0.05, 0) is 62.4 Å². The fourth-order valence-corrected chi connectivity index (χ4v) is 2.52. The van der Waals surface area contributed by atoms with Gasteiger partial charge in [-0.3, -0.25) is 0 Å². The minimum absolute atomic E-state index is 0.320. The fraction of sp³-hybridized carbons (Fsp3) is 1.00. The van der Waals surface area contributed by atoms with Crippen LogP contribution in [0.15, 0.2) is 0 Å². The molecule has 0 aliphatic heterocycles. The second-order valence-corrected chi connectivity index (χ2v) is 6.38. The van der Waals surface area contributed by atoms with Gasteiger partial charge in [-0.1, -0.05) is 20.8 Å². The van der Waals surface area contributed by atoms with Crippen LogP contribution in [0.2, 0.25) is 0 Å². The summed E-state index contributed by atoms with van der Waals surface area (Å²) in [5.74, 6) is 1.49. The summed E-state index contributed by atoms with van der Waals surface area (Å²) in [5.41, 5.74) is 0.584. The van der Waals surface area contributed by atoms with Gasteiger partial charge in [-0.15, -0.1) is 0 Å². The highest BCUT2D eigenvalue weighted by atomic mass is 16.3. The smallest absolute Gasteiger partial charge is 0.0434 e. The molecule has 2 N–H and O–H groups in total. The fourth-order valence-electron chi connectivity index (χ4n) is 2.52. The van der Waals surface area contributed by atoms with Crippen molar-refractivity contribution in [3.63, 3.8) is 0 Å². The first-order valence-corrected chi connectivity index (χ1v) is 6.85. The monoisotopic (exact) mass is 227 g/mol. The van der Waals surface area contributed by atoms with Crippen LogP contribution in [0.25, 0.3) is 0 Å². The third-order valence-corrected chi connectivity index (χ3v) is 4.01. The number of nitrogens with one attached hydrogen (secondary N) is 1. The molecular weight excluding hydrogens is 198 g/mol. The highest BCUT2D eigenvalue weighted by molar-refractivity contribution is 4.79. The van der Waals surface area contributed by atoms with Crippen LogP contribution in [0.3, 0.4) is 0 Å². The van der Waals surface area contributed by atoms with Crippen molar-refractivity contribution in [1.82, 2.24) is 5.32 Å². The lowest BCUT2D eigenvalue weighted by Crippen LogP contribution is -2.31. The summed E-state index contributed by atoms with van der Waals surface area (Å²) in [6, 6.07) is 0. The Morgan fingerprint density at radius 3 is 2.50 bits per heavy atom. The number of aliphatic hydroxyl groups is 1. The molecule has 0 aromatic carbocycles. The lowest BCUT2D eigenvalue weighted by molar-refractivity contribution is 0.186. The summed E-state index contributed by atoms with van der Waals surface area (Å²) in [6.45, 7) is 9.53. The van der Waals surface area contributed by atoms with Crippen LogP contribution in [0.5, 0.6) is 0 Å². The number of hydrogen-bond donors (Lipinski definition) is 2. The lowest BCUT2D eigenvalue weighted by Gasteiger charge is -2.34. The van der Waals surface area contributed by atoms with Crippen LogP contribution in [-0.4, -0.2) is 24.8 Å². The van der Waals surface area contributed by atoms with Gasteiger partial charge in [0.05, 0.1) is 0 Å². The Bertz CT molecular complexity index is 181. The zero-order valence-corrected chi connectivity index (χ0v) is 11.3. The minimum atomic E-state index is 0.320. The topological polar surface area (TPSA) is 32.3 Å². The number of hydrogen-bond acceptors (Lipinski definition) is 2. The second kappa shape index (κ2) is 6.61. The predicted molar refractivity (Wildman–Crippen MR) is 69.5 cm³/mol. The maximum atomic E-state index is 8.81. The SMILES string of the molecule is CC(CCO)CNCC1CCC(C)(C)CC1. The standard InChI is InChI=1S/C14H29NO/c1-12(6-9-16)10-15-11-13-4-7-14(2,3)8-5-13/h12-13,15-16H,4-11H2,1-3H3. The average molecular weight is 227 g/mol. The molecule has 0 aromatic heterocycles. The van der Waals surface area contributed by atoms with Gasteiger partial charge in [-0.25, -0.2) is 0 Å². The minimum Gasteiger partial charge on any atom is -0.396 e. The Morgan fingerprint density at radius 2 is 1.94 bits per heavy atom. The van der Waals surface area contributed by atoms with E-state index < -0.39 is 0 Å². The van der Waals surface area contributed by atoms with Gasteiger partial charge in [0.1, 0.15) is 0 Å². The molecule has 0 amide bonds. The first kappa shape index (κ1) is 14.0. The normalized spacial score (nSPS) is 23.2. The van der Waals surface area contributed by atoms with Crippen molar-refractivity contribution in [2.24, 2.45) is 17.3 Å². The van der Waals surface area contributed by atoms with E-state index in [-0.39, 0.29) is 0 Å². The van der Waals surface area contributed by atoms with Crippen LogP contribution < -0.4 is 5.32 Å². The maximum absolute atomic E-state index is 8.81. The van der Waals surface area contributed by atoms with Crippen LogP contribution in [0, 0.1) is 17.3 Å². The van der Waals surface area contributed by atoms with Crippen molar-refractivity contribution in [1.29, 1.82) is 0 Å². The van der Waals surface area contributed by atoms with Crippen LogP contribution >= 0.6 is 0 Å². The molecule has 1 aliphatic carbocycles. The molecule has 0 spiro atoms.